The van der Waals surface area contributed by atoms with Crippen molar-refractivity contribution in [1.82, 2.24) is 4.98 Å². The van der Waals surface area contributed by atoms with E-state index >= 15 is 0 Å². The van der Waals surface area contributed by atoms with Crippen LogP contribution in [0, 0.1) is 0 Å². The number of aromatic nitrogens is 1. The van der Waals surface area contributed by atoms with Crippen LogP contribution in [0.1, 0.15) is 25.2 Å². The normalized spacial score (nSPS) is 23.7. The molecule has 20 heavy (non-hydrogen) atoms. The van der Waals surface area contributed by atoms with Gasteiger partial charge >= 0.3 is 0 Å². The van der Waals surface area contributed by atoms with Crippen LogP contribution >= 0.6 is 0 Å². The van der Waals surface area contributed by atoms with Gasteiger partial charge in [-0.25, -0.2) is 4.98 Å². The lowest BCUT2D eigenvalue weighted by atomic mass is 10.2. The molecule has 5 heteroatoms. The lowest BCUT2D eigenvalue weighted by molar-refractivity contribution is 0.0541. The summed E-state index contributed by atoms with van der Waals surface area (Å²) in [5.41, 5.74) is 3.63. The summed E-state index contributed by atoms with van der Waals surface area (Å²) in [6.07, 6.45) is 0. The van der Waals surface area contributed by atoms with Crippen molar-refractivity contribution in [2.24, 2.45) is 9.98 Å². The molecule has 2 rings (SSSR count). The standard InChI is InChI=1S/C15H21N3O2/c1-12-14-4-3-5-15(18-14)13(2)17-7-9-20-11-10-19-8-6-16-12/h3-5H,6-11H2,1-2H3/b16-12+,17-13+. The third-order valence-corrected chi connectivity index (χ3v) is 3.03. The van der Waals surface area contributed by atoms with E-state index in [2.05, 4.69) is 15.0 Å². The first-order chi connectivity index (χ1) is 9.77. The number of ether oxygens (including phenoxy) is 2. The fourth-order valence-electron chi connectivity index (χ4n) is 1.88. The molecule has 0 atom stereocenters. The topological polar surface area (TPSA) is 56.1 Å². The first-order valence-electron chi connectivity index (χ1n) is 6.93. The third-order valence-electron chi connectivity index (χ3n) is 3.03. The Morgan fingerprint density at radius 1 is 0.800 bits per heavy atom. The fourth-order valence-corrected chi connectivity index (χ4v) is 1.88. The van der Waals surface area contributed by atoms with Gasteiger partial charge in [0.15, 0.2) is 0 Å². The van der Waals surface area contributed by atoms with Gasteiger partial charge in [-0.05, 0) is 26.0 Å². The second-order valence-electron chi connectivity index (χ2n) is 4.57. The summed E-state index contributed by atoms with van der Waals surface area (Å²) in [6.45, 7) is 7.65. The molecule has 0 amide bonds. The number of rotatable bonds is 0. The zero-order valence-corrected chi connectivity index (χ0v) is 12.1. The average molecular weight is 275 g/mol. The van der Waals surface area contributed by atoms with E-state index in [1.807, 2.05) is 32.0 Å². The number of fused-ring (bicyclic) bond motifs is 2. The van der Waals surface area contributed by atoms with Crippen molar-refractivity contribution in [3.05, 3.63) is 29.6 Å². The summed E-state index contributed by atoms with van der Waals surface area (Å²) >= 11 is 0. The molecule has 2 bridgehead atoms. The maximum atomic E-state index is 5.45. The van der Waals surface area contributed by atoms with Gasteiger partial charge in [-0.3, -0.25) is 9.98 Å². The van der Waals surface area contributed by atoms with Crippen molar-refractivity contribution >= 4 is 11.4 Å². The van der Waals surface area contributed by atoms with Crippen molar-refractivity contribution in [2.45, 2.75) is 13.8 Å². The summed E-state index contributed by atoms with van der Waals surface area (Å²) < 4.78 is 10.9. The van der Waals surface area contributed by atoms with Crippen molar-refractivity contribution < 1.29 is 9.47 Å². The molecule has 2 heterocycles. The molecule has 0 fully saturated rings. The lowest BCUT2D eigenvalue weighted by Crippen LogP contribution is -2.09. The van der Waals surface area contributed by atoms with Crippen LogP contribution in [0.15, 0.2) is 28.2 Å². The highest BCUT2D eigenvalue weighted by molar-refractivity contribution is 6.00. The highest BCUT2D eigenvalue weighted by Crippen LogP contribution is 2.04. The molecule has 0 N–H and O–H groups in total. The number of nitrogens with zero attached hydrogens (tertiary/aromatic N) is 3. The molecule has 0 spiro atoms. The van der Waals surface area contributed by atoms with Gasteiger partial charge in [-0.15, -0.1) is 0 Å². The molecule has 0 aliphatic carbocycles. The van der Waals surface area contributed by atoms with Gasteiger partial charge in [0.1, 0.15) is 0 Å². The second-order valence-corrected chi connectivity index (χ2v) is 4.57. The summed E-state index contributed by atoms with van der Waals surface area (Å²) in [5.74, 6) is 0. The van der Waals surface area contributed by atoms with Crippen molar-refractivity contribution in [2.75, 3.05) is 39.5 Å². The Hall–Kier alpha value is -1.59. The maximum absolute atomic E-state index is 5.45. The van der Waals surface area contributed by atoms with Crippen LogP contribution in [0.4, 0.5) is 0 Å². The molecule has 0 saturated carbocycles. The molecule has 1 aliphatic rings. The molecule has 1 aromatic heterocycles. The van der Waals surface area contributed by atoms with E-state index in [9.17, 15) is 0 Å². The SMILES string of the molecule is C/C1=N\CCOCCOCC/N=C(\C)c2cccc1n2. The van der Waals surface area contributed by atoms with Crippen LogP contribution in [-0.2, 0) is 9.47 Å². The molecule has 108 valence electrons. The molecule has 0 radical (unpaired) electrons. The minimum absolute atomic E-state index is 0.600. The number of aliphatic imine (C=N–C) groups is 2. The summed E-state index contributed by atoms with van der Waals surface area (Å²) in [5, 5.41) is 0. The third kappa shape index (κ3) is 4.51. The van der Waals surface area contributed by atoms with Gasteiger partial charge in [0.25, 0.3) is 0 Å². The van der Waals surface area contributed by atoms with E-state index < -0.39 is 0 Å². The molecule has 0 aromatic carbocycles. The minimum Gasteiger partial charge on any atom is -0.377 e. The Morgan fingerprint density at radius 2 is 1.30 bits per heavy atom. The van der Waals surface area contributed by atoms with Crippen LogP contribution in [0.25, 0.3) is 0 Å². The van der Waals surface area contributed by atoms with Gasteiger partial charge in [-0.2, -0.15) is 0 Å². The van der Waals surface area contributed by atoms with Crippen LogP contribution in [0.2, 0.25) is 0 Å². The fraction of sp³-hybridized carbons (Fsp3) is 0.533. The predicted octanol–water partition coefficient (Wildman–Crippen LogP) is 1.75. The van der Waals surface area contributed by atoms with Crippen LogP contribution in [-0.4, -0.2) is 55.9 Å². The van der Waals surface area contributed by atoms with Gasteiger partial charge in [0.2, 0.25) is 0 Å². The maximum Gasteiger partial charge on any atom is 0.0845 e. The Bertz CT molecular complexity index is 456. The van der Waals surface area contributed by atoms with E-state index in [1.165, 1.54) is 0 Å². The minimum atomic E-state index is 0.600. The highest BCUT2D eigenvalue weighted by atomic mass is 16.5. The van der Waals surface area contributed by atoms with E-state index in [-0.39, 0.29) is 0 Å². The van der Waals surface area contributed by atoms with E-state index in [0.29, 0.717) is 39.5 Å². The Morgan fingerprint density at radius 3 is 1.80 bits per heavy atom. The van der Waals surface area contributed by atoms with E-state index in [4.69, 9.17) is 9.47 Å². The molecule has 0 unspecified atom stereocenters. The van der Waals surface area contributed by atoms with Gasteiger partial charge in [0.05, 0.1) is 62.3 Å². The smallest absolute Gasteiger partial charge is 0.0845 e. The van der Waals surface area contributed by atoms with Crippen LogP contribution < -0.4 is 0 Å². The molecule has 0 saturated heterocycles. The molecule has 1 aliphatic heterocycles. The molecular weight excluding hydrogens is 254 g/mol. The quantitative estimate of drug-likeness (QED) is 0.725. The van der Waals surface area contributed by atoms with E-state index in [1.54, 1.807) is 0 Å². The van der Waals surface area contributed by atoms with Crippen molar-refractivity contribution in [1.29, 1.82) is 0 Å². The predicted molar refractivity (Wildman–Crippen MR) is 80.0 cm³/mol. The van der Waals surface area contributed by atoms with Crippen LogP contribution in [0.5, 0.6) is 0 Å². The summed E-state index contributed by atoms with van der Waals surface area (Å²) in [7, 11) is 0. The Balaban J connectivity index is 2.20. The average Bonchev–Trinajstić information content (AvgIpc) is 2.48. The lowest BCUT2D eigenvalue weighted by Gasteiger charge is -2.04. The Kier molecular flexibility index (Phi) is 5.83. The monoisotopic (exact) mass is 275 g/mol. The molecular formula is C15H21N3O2. The van der Waals surface area contributed by atoms with Crippen molar-refractivity contribution in [3.63, 3.8) is 0 Å². The number of hydrogen-bond donors (Lipinski definition) is 0. The summed E-state index contributed by atoms with van der Waals surface area (Å²) in [4.78, 5) is 13.6. The van der Waals surface area contributed by atoms with E-state index in [0.717, 1.165) is 22.8 Å². The molecule has 5 nitrogen and oxygen atoms in total. The zero-order valence-electron chi connectivity index (χ0n) is 12.1. The molecule has 1 aromatic rings. The summed E-state index contributed by atoms with van der Waals surface area (Å²) in [6, 6.07) is 5.93. The van der Waals surface area contributed by atoms with Crippen molar-refractivity contribution in [3.8, 4) is 0 Å². The number of pyridine rings is 1. The van der Waals surface area contributed by atoms with Gasteiger partial charge in [0, 0.05) is 0 Å². The second kappa shape index (κ2) is 7.87. The number of hydrogen-bond acceptors (Lipinski definition) is 5. The zero-order chi connectivity index (χ0) is 14.2. The first kappa shape index (κ1) is 14.8. The van der Waals surface area contributed by atoms with Gasteiger partial charge in [-0.1, -0.05) is 6.07 Å². The Labute approximate surface area is 119 Å². The van der Waals surface area contributed by atoms with Crippen LogP contribution in [0.3, 0.4) is 0 Å². The largest absolute Gasteiger partial charge is 0.377 e. The first-order valence-corrected chi connectivity index (χ1v) is 6.93. The highest BCUT2D eigenvalue weighted by Gasteiger charge is 2.04. The van der Waals surface area contributed by atoms with Gasteiger partial charge < -0.3 is 9.47 Å².